The number of carbonyl (C=O) groups excluding carboxylic acids is 2. The van der Waals surface area contributed by atoms with Crippen LogP contribution in [-0.4, -0.2) is 11.9 Å². The van der Waals surface area contributed by atoms with E-state index in [1.165, 1.54) is 20.2 Å². The number of anilines is 3. The Labute approximate surface area is 282 Å². The van der Waals surface area contributed by atoms with Gasteiger partial charge in [-0.15, -0.1) is 11.3 Å². The smallest absolute Gasteiger partial charge is 0.335 e. The summed E-state index contributed by atoms with van der Waals surface area (Å²) in [5.74, 6) is -0.0340. The molecular weight excluding hydrogens is 615 g/mol. The molecule has 7 aromatic rings. The lowest BCUT2D eigenvalue weighted by atomic mass is 10.0. The maximum atomic E-state index is 11.6. The number of thiophene rings is 1. The molecule has 0 aliphatic rings. The van der Waals surface area contributed by atoms with E-state index in [2.05, 4.69) is 109 Å². The van der Waals surface area contributed by atoms with Gasteiger partial charge < -0.3 is 14.4 Å². The number of nitrogens with zero attached hydrogens (tertiary/aromatic N) is 1. The summed E-state index contributed by atoms with van der Waals surface area (Å²) in [7, 11) is 0. The second-order valence-electron chi connectivity index (χ2n) is 11.0. The molecule has 0 radical (unpaired) electrons. The van der Waals surface area contributed by atoms with E-state index in [4.69, 9.17) is 9.47 Å². The van der Waals surface area contributed by atoms with Crippen LogP contribution in [0.4, 0.5) is 17.1 Å². The van der Waals surface area contributed by atoms with Crippen molar-refractivity contribution in [3.8, 4) is 33.8 Å². The SMILES string of the molecule is C=CC(=O)Oc1ccc(-c2ccc(N(c3ccc(-c4ccc(OC(=O)C=C)cc4)cc3)c3ccc4sc5ccccc5c4c3)cc2)cc1. The summed E-state index contributed by atoms with van der Waals surface area (Å²) in [6.07, 6.45) is 2.29. The standard InChI is InChI=1S/C42H29NO4S/c1-3-41(44)46-35-22-13-30(14-23-35)28-9-17-32(18-10-28)43(34-21-26-40-38(27-34)37-7-5-6-8-39(37)48-40)33-19-11-29(12-20-33)31-15-24-36(25-16-31)47-42(45)4-2/h3-27H,1-2H2. The topological polar surface area (TPSA) is 55.8 Å². The third-order valence-corrected chi connectivity index (χ3v) is 9.17. The number of rotatable bonds is 9. The van der Waals surface area contributed by atoms with E-state index in [-0.39, 0.29) is 0 Å². The molecule has 1 heterocycles. The Morgan fingerprint density at radius 3 is 1.40 bits per heavy atom. The third kappa shape index (κ3) is 6.25. The van der Waals surface area contributed by atoms with Crippen LogP contribution in [0.1, 0.15) is 0 Å². The Hall–Kier alpha value is -6.24. The highest BCUT2D eigenvalue weighted by atomic mass is 32.1. The van der Waals surface area contributed by atoms with Crippen molar-refractivity contribution in [1.29, 1.82) is 0 Å². The Morgan fingerprint density at radius 1 is 0.500 bits per heavy atom. The first-order chi connectivity index (χ1) is 23.5. The molecule has 0 saturated heterocycles. The summed E-state index contributed by atoms with van der Waals surface area (Å²) >= 11 is 1.80. The molecule has 0 atom stereocenters. The predicted octanol–water partition coefficient (Wildman–Crippen LogP) is 11.0. The third-order valence-electron chi connectivity index (χ3n) is 8.02. The van der Waals surface area contributed by atoms with E-state index in [0.717, 1.165) is 51.5 Å². The average molecular weight is 644 g/mol. The molecule has 5 nitrogen and oxygen atoms in total. The van der Waals surface area contributed by atoms with Gasteiger partial charge in [-0.3, -0.25) is 0 Å². The van der Waals surface area contributed by atoms with Gasteiger partial charge in [0, 0.05) is 49.4 Å². The largest absolute Gasteiger partial charge is 0.423 e. The van der Waals surface area contributed by atoms with Crippen LogP contribution in [0.3, 0.4) is 0 Å². The van der Waals surface area contributed by atoms with Crippen LogP contribution in [0.25, 0.3) is 42.4 Å². The molecule has 48 heavy (non-hydrogen) atoms. The number of hydrogen-bond donors (Lipinski definition) is 0. The van der Waals surface area contributed by atoms with Gasteiger partial charge in [0.1, 0.15) is 11.5 Å². The number of esters is 2. The summed E-state index contributed by atoms with van der Waals surface area (Å²) in [5.41, 5.74) is 7.16. The Kier molecular flexibility index (Phi) is 8.39. The lowest BCUT2D eigenvalue weighted by molar-refractivity contribution is -0.129. The monoisotopic (exact) mass is 643 g/mol. The molecule has 0 aliphatic heterocycles. The van der Waals surface area contributed by atoms with Gasteiger partial charge in [-0.25, -0.2) is 9.59 Å². The Balaban J connectivity index is 1.24. The van der Waals surface area contributed by atoms with Crippen molar-refractivity contribution in [3.63, 3.8) is 0 Å². The van der Waals surface area contributed by atoms with Crippen LogP contribution >= 0.6 is 11.3 Å². The van der Waals surface area contributed by atoms with E-state index in [1.54, 1.807) is 35.6 Å². The number of hydrogen-bond acceptors (Lipinski definition) is 6. The van der Waals surface area contributed by atoms with Crippen molar-refractivity contribution in [2.45, 2.75) is 0 Å². The number of carbonyl (C=O) groups is 2. The summed E-state index contributed by atoms with van der Waals surface area (Å²) in [6.45, 7) is 6.90. The highest BCUT2D eigenvalue weighted by Gasteiger charge is 2.16. The fourth-order valence-corrected chi connectivity index (χ4v) is 6.74. The lowest BCUT2D eigenvalue weighted by Gasteiger charge is -2.26. The molecule has 0 unspecified atom stereocenters. The molecule has 0 spiro atoms. The van der Waals surface area contributed by atoms with Gasteiger partial charge in [0.05, 0.1) is 0 Å². The molecule has 0 bridgehead atoms. The Morgan fingerprint density at radius 2 is 0.917 bits per heavy atom. The van der Waals surface area contributed by atoms with Crippen LogP contribution in [0.5, 0.6) is 11.5 Å². The first kappa shape index (κ1) is 30.4. The number of ether oxygens (including phenoxy) is 2. The minimum atomic E-state index is -0.488. The first-order valence-electron chi connectivity index (χ1n) is 15.3. The zero-order valence-corrected chi connectivity index (χ0v) is 26.7. The van der Waals surface area contributed by atoms with E-state index in [1.807, 2.05) is 24.3 Å². The van der Waals surface area contributed by atoms with Crippen molar-refractivity contribution in [2.24, 2.45) is 0 Å². The molecular formula is C42H29NO4S. The molecule has 232 valence electrons. The molecule has 6 aromatic carbocycles. The normalized spacial score (nSPS) is 10.8. The first-order valence-corrected chi connectivity index (χ1v) is 16.1. The van der Waals surface area contributed by atoms with Gasteiger partial charge in [0.2, 0.25) is 0 Å². The molecule has 0 fully saturated rings. The van der Waals surface area contributed by atoms with E-state index >= 15 is 0 Å². The molecule has 0 saturated carbocycles. The molecule has 1 aromatic heterocycles. The number of fused-ring (bicyclic) bond motifs is 3. The molecule has 0 aliphatic carbocycles. The van der Waals surface area contributed by atoms with Crippen LogP contribution in [-0.2, 0) is 9.59 Å². The minimum absolute atomic E-state index is 0.471. The van der Waals surface area contributed by atoms with Crippen LogP contribution in [0.15, 0.2) is 165 Å². The zero-order chi connectivity index (χ0) is 33.0. The van der Waals surface area contributed by atoms with E-state index in [9.17, 15) is 9.59 Å². The highest BCUT2D eigenvalue weighted by Crippen LogP contribution is 2.41. The molecule has 0 N–H and O–H groups in total. The Bertz CT molecular complexity index is 2180. The van der Waals surface area contributed by atoms with Crippen molar-refractivity contribution >= 4 is 60.5 Å². The van der Waals surface area contributed by atoms with E-state index in [0.29, 0.717) is 11.5 Å². The van der Waals surface area contributed by atoms with E-state index < -0.39 is 11.9 Å². The fraction of sp³-hybridized carbons (Fsp3) is 0. The van der Waals surface area contributed by atoms with Gasteiger partial charge in [0.25, 0.3) is 0 Å². The van der Waals surface area contributed by atoms with Gasteiger partial charge in [-0.2, -0.15) is 0 Å². The molecule has 6 heteroatoms. The second kappa shape index (κ2) is 13.2. The van der Waals surface area contributed by atoms with Crippen LogP contribution < -0.4 is 14.4 Å². The maximum absolute atomic E-state index is 11.6. The van der Waals surface area contributed by atoms with Gasteiger partial charge in [-0.05, 0) is 95.1 Å². The van der Waals surface area contributed by atoms with Crippen molar-refractivity contribution in [3.05, 3.63) is 165 Å². The quantitative estimate of drug-likeness (QED) is 0.0890. The number of benzene rings is 6. The van der Waals surface area contributed by atoms with Crippen LogP contribution in [0, 0.1) is 0 Å². The summed E-state index contributed by atoms with van der Waals surface area (Å²) < 4.78 is 13.0. The summed E-state index contributed by atoms with van der Waals surface area (Å²) in [4.78, 5) is 25.4. The summed E-state index contributed by atoms with van der Waals surface area (Å²) in [6, 6.07) is 46.9. The second-order valence-corrected chi connectivity index (χ2v) is 12.1. The fourth-order valence-electron chi connectivity index (χ4n) is 5.65. The van der Waals surface area contributed by atoms with Gasteiger partial charge >= 0.3 is 11.9 Å². The van der Waals surface area contributed by atoms with Crippen molar-refractivity contribution < 1.29 is 19.1 Å². The summed E-state index contributed by atoms with van der Waals surface area (Å²) in [5, 5.41) is 2.47. The lowest BCUT2D eigenvalue weighted by Crippen LogP contribution is -2.09. The van der Waals surface area contributed by atoms with Crippen molar-refractivity contribution in [2.75, 3.05) is 4.90 Å². The minimum Gasteiger partial charge on any atom is -0.423 e. The molecule has 0 amide bonds. The molecule has 7 rings (SSSR count). The average Bonchev–Trinajstić information content (AvgIpc) is 3.51. The van der Waals surface area contributed by atoms with Crippen LogP contribution in [0.2, 0.25) is 0 Å². The van der Waals surface area contributed by atoms with Gasteiger partial charge in [-0.1, -0.05) is 79.9 Å². The van der Waals surface area contributed by atoms with Gasteiger partial charge in [0.15, 0.2) is 0 Å². The predicted molar refractivity (Wildman–Crippen MR) is 197 cm³/mol. The van der Waals surface area contributed by atoms with Crippen molar-refractivity contribution in [1.82, 2.24) is 0 Å². The zero-order valence-electron chi connectivity index (χ0n) is 25.8. The highest BCUT2D eigenvalue weighted by molar-refractivity contribution is 7.25. The maximum Gasteiger partial charge on any atom is 0.335 e.